The Morgan fingerprint density at radius 2 is 1.62 bits per heavy atom. The Hall–Kier alpha value is -2.70. The van der Waals surface area contributed by atoms with Gasteiger partial charge in [0.25, 0.3) is 0 Å². The number of amides is 3. The van der Waals surface area contributed by atoms with Gasteiger partial charge < -0.3 is 29.7 Å². The number of hydrogen-bond acceptors (Lipinski definition) is 8. The van der Waals surface area contributed by atoms with E-state index in [-0.39, 0.29) is 18.9 Å². The molecule has 0 bridgehead atoms. The van der Waals surface area contributed by atoms with Gasteiger partial charge in [0, 0.05) is 0 Å². The lowest BCUT2D eigenvalue weighted by Crippen LogP contribution is -2.63. The first-order valence-corrected chi connectivity index (χ1v) is 17.6. The molecule has 2 aliphatic heterocycles. The number of carbonyl (C=O) groups excluding carboxylic acids is 3. The SMILES string of the molecule is CC1(C)O[C@H]2[C@H](CN(C(=O)[C@@H](NC(=O)NC3(CS(=O)(=O)C(C)(C)C)CCCCC3)C(C)(C)C)[C@@H]2C(=O)OCc2ccccc2)O1. The molecule has 252 valence electrons. The molecule has 0 unspecified atom stereocenters. The van der Waals surface area contributed by atoms with Crippen LogP contribution in [0.1, 0.15) is 93.1 Å². The van der Waals surface area contributed by atoms with Crippen molar-refractivity contribution in [3.8, 4) is 0 Å². The lowest BCUT2D eigenvalue weighted by Gasteiger charge is -2.41. The van der Waals surface area contributed by atoms with E-state index in [0.29, 0.717) is 12.8 Å². The Bertz CT molecular complexity index is 1340. The molecule has 3 fully saturated rings. The smallest absolute Gasteiger partial charge is 0.332 e. The molecule has 2 saturated heterocycles. The highest BCUT2D eigenvalue weighted by Gasteiger charge is 2.58. The number of esters is 1. The van der Waals surface area contributed by atoms with Crippen LogP contribution < -0.4 is 10.6 Å². The van der Waals surface area contributed by atoms with Gasteiger partial charge in [-0.15, -0.1) is 0 Å². The fraction of sp³-hybridized carbons (Fsp3) is 0.727. The number of rotatable bonds is 8. The minimum absolute atomic E-state index is 0.0305. The molecule has 3 amide bonds. The van der Waals surface area contributed by atoms with Crippen molar-refractivity contribution >= 4 is 27.7 Å². The predicted octanol–water partition coefficient (Wildman–Crippen LogP) is 4.09. The normalized spacial score (nSPS) is 25.2. The third-order valence-electron chi connectivity index (χ3n) is 8.97. The molecule has 1 aromatic carbocycles. The minimum Gasteiger partial charge on any atom is -0.459 e. The standard InChI is InChI=1S/C33H51N3O8S/c1-30(2,3)26(34-29(39)35-33(17-13-10-14-18-33)21-45(40,41)31(4,5)6)27(37)36-19-23-25(44-32(7,8)43-23)24(36)28(38)42-20-22-15-11-9-12-16-22/h9,11-12,15-16,23-26H,10,13-14,17-21H2,1-8H3,(H2,34,35,39)/t23-,24-,25-,26+/m0/s1. The van der Waals surface area contributed by atoms with Crippen LogP contribution in [0.5, 0.6) is 0 Å². The second-order valence-corrected chi connectivity index (χ2v) is 18.0. The van der Waals surface area contributed by atoms with Gasteiger partial charge in [-0.2, -0.15) is 0 Å². The molecule has 3 aliphatic rings. The summed E-state index contributed by atoms with van der Waals surface area (Å²) < 4.78 is 43.4. The second-order valence-electron chi connectivity index (χ2n) is 15.3. The van der Waals surface area contributed by atoms with E-state index < -0.39 is 73.5 Å². The molecule has 1 saturated carbocycles. The Labute approximate surface area is 268 Å². The van der Waals surface area contributed by atoms with Crippen LogP contribution in [0.25, 0.3) is 0 Å². The summed E-state index contributed by atoms with van der Waals surface area (Å²) in [4.78, 5) is 43.0. The summed E-state index contributed by atoms with van der Waals surface area (Å²) in [6, 6.07) is 6.51. The first-order valence-electron chi connectivity index (χ1n) is 15.9. The molecule has 12 heteroatoms. The maximum atomic E-state index is 14.3. The number of hydrogen-bond donors (Lipinski definition) is 2. The first-order chi connectivity index (χ1) is 20.7. The van der Waals surface area contributed by atoms with Gasteiger partial charge in [-0.3, -0.25) is 4.79 Å². The summed E-state index contributed by atoms with van der Waals surface area (Å²) in [5, 5.41) is 5.85. The quantitative estimate of drug-likeness (QED) is 0.402. The molecule has 0 radical (unpaired) electrons. The molecule has 4 rings (SSSR count). The van der Waals surface area contributed by atoms with Gasteiger partial charge in [-0.1, -0.05) is 70.4 Å². The lowest BCUT2D eigenvalue weighted by molar-refractivity contribution is -0.178. The maximum Gasteiger partial charge on any atom is 0.332 e. The molecule has 0 aromatic heterocycles. The van der Waals surface area contributed by atoms with Gasteiger partial charge in [0.2, 0.25) is 5.91 Å². The molecule has 0 spiro atoms. The molecule has 1 aromatic rings. The number of fused-ring (bicyclic) bond motifs is 1. The Morgan fingerprint density at radius 3 is 2.20 bits per heavy atom. The van der Waals surface area contributed by atoms with Crippen molar-refractivity contribution in [3.05, 3.63) is 35.9 Å². The van der Waals surface area contributed by atoms with Crippen LogP contribution in [0.3, 0.4) is 0 Å². The largest absolute Gasteiger partial charge is 0.459 e. The van der Waals surface area contributed by atoms with E-state index in [1.54, 1.807) is 34.6 Å². The van der Waals surface area contributed by atoms with E-state index in [4.69, 9.17) is 14.2 Å². The number of carbonyl (C=O) groups is 3. The zero-order valence-electron chi connectivity index (χ0n) is 28.0. The molecule has 2 heterocycles. The molecule has 2 N–H and O–H groups in total. The van der Waals surface area contributed by atoms with Gasteiger partial charge in [-0.25, -0.2) is 18.0 Å². The van der Waals surface area contributed by atoms with Crippen LogP contribution in [0.4, 0.5) is 4.79 Å². The fourth-order valence-corrected chi connectivity index (χ4v) is 7.92. The van der Waals surface area contributed by atoms with Crippen molar-refractivity contribution in [2.24, 2.45) is 5.41 Å². The zero-order valence-corrected chi connectivity index (χ0v) is 28.8. The van der Waals surface area contributed by atoms with Crippen molar-refractivity contribution < 1.29 is 37.0 Å². The van der Waals surface area contributed by atoms with Crippen molar-refractivity contribution in [1.82, 2.24) is 15.5 Å². The number of nitrogens with one attached hydrogen (secondary N) is 2. The average molecular weight is 650 g/mol. The maximum absolute atomic E-state index is 14.3. The van der Waals surface area contributed by atoms with Gasteiger partial charge in [0.1, 0.15) is 24.9 Å². The molecule has 1 aliphatic carbocycles. The van der Waals surface area contributed by atoms with Crippen molar-refractivity contribution in [2.45, 2.75) is 134 Å². The van der Waals surface area contributed by atoms with Gasteiger partial charge in [0.05, 0.1) is 22.6 Å². The lowest BCUT2D eigenvalue weighted by atomic mass is 9.83. The number of nitrogens with zero attached hydrogens (tertiary/aromatic N) is 1. The topological polar surface area (TPSA) is 140 Å². The van der Waals surface area contributed by atoms with Gasteiger partial charge in [0.15, 0.2) is 21.7 Å². The van der Waals surface area contributed by atoms with Crippen LogP contribution in [-0.2, 0) is 40.2 Å². The zero-order chi connectivity index (χ0) is 33.4. The van der Waals surface area contributed by atoms with Crippen LogP contribution in [0, 0.1) is 5.41 Å². The van der Waals surface area contributed by atoms with Crippen molar-refractivity contribution in [1.29, 1.82) is 0 Å². The third kappa shape index (κ3) is 8.18. The van der Waals surface area contributed by atoms with Crippen molar-refractivity contribution in [2.75, 3.05) is 12.3 Å². The Kier molecular flexibility index (Phi) is 10.0. The van der Waals surface area contributed by atoms with Crippen LogP contribution in [0.15, 0.2) is 30.3 Å². The molecular formula is C33H51N3O8S. The van der Waals surface area contributed by atoms with Crippen LogP contribution in [0.2, 0.25) is 0 Å². The summed E-state index contributed by atoms with van der Waals surface area (Å²) in [6.07, 6.45) is 2.31. The summed E-state index contributed by atoms with van der Waals surface area (Å²) >= 11 is 0. The third-order valence-corrected chi connectivity index (χ3v) is 11.8. The van der Waals surface area contributed by atoms with E-state index in [2.05, 4.69) is 10.6 Å². The molecule has 4 atom stereocenters. The second kappa shape index (κ2) is 12.8. The minimum atomic E-state index is -3.55. The highest BCUT2D eigenvalue weighted by molar-refractivity contribution is 7.92. The van der Waals surface area contributed by atoms with Crippen molar-refractivity contribution in [3.63, 3.8) is 0 Å². The van der Waals surface area contributed by atoms with E-state index in [0.717, 1.165) is 24.8 Å². The van der Waals surface area contributed by atoms with E-state index in [1.165, 1.54) is 4.90 Å². The molecule has 11 nitrogen and oxygen atoms in total. The molecule has 45 heavy (non-hydrogen) atoms. The average Bonchev–Trinajstić information content (AvgIpc) is 3.41. The highest BCUT2D eigenvalue weighted by Crippen LogP contribution is 2.39. The fourth-order valence-electron chi connectivity index (χ4n) is 6.40. The molecular weight excluding hydrogens is 598 g/mol. The van der Waals surface area contributed by atoms with Crippen LogP contribution in [-0.4, -0.2) is 83.9 Å². The van der Waals surface area contributed by atoms with Crippen LogP contribution >= 0.6 is 0 Å². The Balaban J connectivity index is 1.55. The van der Waals surface area contributed by atoms with Gasteiger partial charge >= 0.3 is 12.0 Å². The first kappa shape index (κ1) is 35.2. The monoisotopic (exact) mass is 649 g/mol. The summed E-state index contributed by atoms with van der Waals surface area (Å²) in [6.45, 7) is 14.1. The van der Waals surface area contributed by atoms with E-state index in [9.17, 15) is 22.8 Å². The predicted molar refractivity (Wildman–Crippen MR) is 170 cm³/mol. The Morgan fingerprint density at radius 1 is 1.00 bits per heavy atom. The summed E-state index contributed by atoms with van der Waals surface area (Å²) in [5.41, 5.74) is -0.900. The number of likely N-dealkylation sites (tertiary alicyclic amines) is 1. The highest BCUT2D eigenvalue weighted by atomic mass is 32.2. The number of benzene rings is 1. The summed E-state index contributed by atoms with van der Waals surface area (Å²) in [7, 11) is -3.55. The number of urea groups is 1. The van der Waals surface area contributed by atoms with Gasteiger partial charge in [-0.05, 0) is 58.4 Å². The number of ether oxygens (including phenoxy) is 3. The number of sulfone groups is 1. The van der Waals surface area contributed by atoms with E-state index >= 15 is 0 Å². The summed E-state index contributed by atoms with van der Waals surface area (Å²) in [5.74, 6) is -2.21. The van der Waals surface area contributed by atoms with E-state index in [1.807, 2.05) is 51.1 Å².